The molecular weight excluding hydrogens is 338 g/mol. The van der Waals surface area contributed by atoms with Crippen molar-refractivity contribution in [2.24, 2.45) is 5.92 Å². The van der Waals surface area contributed by atoms with Crippen LogP contribution in [0.2, 0.25) is 0 Å². The summed E-state index contributed by atoms with van der Waals surface area (Å²) in [5.41, 5.74) is 0.391. The lowest BCUT2D eigenvalue weighted by atomic mass is 10.1. The van der Waals surface area contributed by atoms with E-state index in [4.69, 9.17) is 0 Å². The van der Waals surface area contributed by atoms with Gasteiger partial charge in [0.2, 0.25) is 20.0 Å². The minimum absolute atomic E-state index is 0.0783. The number of sulfonamides is 2. The maximum absolute atomic E-state index is 12.3. The number of nitrogens with one attached hydrogen (secondary N) is 3. The molecule has 1 atom stereocenters. The molecule has 0 bridgehead atoms. The monoisotopic (exact) mass is 361 g/mol. The van der Waals surface area contributed by atoms with Crippen LogP contribution in [0.15, 0.2) is 28.0 Å². The minimum atomic E-state index is -3.63. The Morgan fingerprint density at radius 3 is 2.52 bits per heavy atom. The van der Waals surface area contributed by atoms with E-state index in [-0.39, 0.29) is 9.79 Å². The quantitative estimate of drug-likeness (QED) is 0.643. The van der Waals surface area contributed by atoms with Crippen LogP contribution in [0.5, 0.6) is 0 Å². The molecule has 3 N–H and O–H groups in total. The van der Waals surface area contributed by atoms with Crippen LogP contribution in [-0.2, 0) is 20.0 Å². The first-order valence-electron chi connectivity index (χ1n) is 7.51. The first-order chi connectivity index (χ1) is 10.8. The molecule has 1 aliphatic rings. The van der Waals surface area contributed by atoms with Gasteiger partial charge in [0, 0.05) is 6.54 Å². The van der Waals surface area contributed by atoms with Crippen LogP contribution in [0.3, 0.4) is 0 Å². The van der Waals surface area contributed by atoms with Gasteiger partial charge >= 0.3 is 0 Å². The van der Waals surface area contributed by atoms with E-state index >= 15 is 0 Å². The Balaban J connectivity index is 2.09. The molecule has 1 fully saturated rings. The molecule has 0 radical (unpaired) electrons. The molecule has 1 aliphatic heterocycles. The minimum Gasteiger partial charge on any atom is -0.316 e. The molecule has 0 aromatic heterocycles. The lowest BCUT2D eigenvalue weighted by Crippen LogP contribution is -2.27. The Kier molecular flexibility index (Phi) is 5.79. The highest BCUT2D eigenvalue weighted by Crippen LogP contribution is 2.19. The zero-order valence-electron chi connectivity index (χ0n) is 13.3. The molecular formula is C14H23N3O4S2. The second-order valence-corrected chi connectivity index (χ2v) is 9.30. The van der Waals surface area contributed by atoms with Gasteiger partial charge in [0.25, 0.3) is 0 Å². The molecule has 0 spiro atoms. The third-order valence-corrected chi connectivity index (χ3v) is 7.06. The number of hydrogen-bond donors (Lipinski definition) is 3. The molecule has 0 aliphatic carbocycles. The first-order valence-corrected chi connectivity index (χ1v) is 10.5. The van der Waals surface area contributed by atoms with Gasteiger partial charge < -0.3 is 5.32 Å². The average Bonchev–Trinajstić information content (AvgIpc) is 3.00. The third-order valence-electron chi connectivity index (χ3n) is 4.02. The van der Waals surface area contributed by atoms with Crippen molar-refractivity contribution < 1.29 is 16.8 Å². The largest absolute Gasteiger partial charge is 0.316 e. The summed E-state index contributed by atoms with van der Waals surface area (Å²) >= 11 is 0. The molecule has 1 unspecified atom stereocenters. The van der Waals surface area contributed by atoms with Crippen LogP contribution in [0.25, 0.3) is 0 Å². The number of hydrogen-bond acceptors (Lipinski definition) is 5. The molecule has 9 heteroatoms. The smallest absolute Gasteiger partial charge is 0.240 e. The summed E-state index contributed by atoms with van der Waals surface area (Å²) in [7, 11) is -5.90. The van der Waals surface area contributed by atoms with Crippen LogP contribution in [-0.4, -0.2) is 43.5 Å². The molecule has 23 heavy (non-hydrogen) atoms. The molecule has 0 saturated carbocycles. The van der Waals surface area contributed by atoms with Gasteiger partial charge in [-0.3, -0.25) is 0 Å². The fourth-order valence-corrected chi connectivity index (χ4v) is 4.72. The third kappa shape index (κ3) is 4.51. The molecule has 0 amide bonds. The first kappa shape index (κ1) is 18.3. The van der Waals surface area contributed by atoms with Gasteiger partial charge in [-0.15, -0.1) is 0 Å². The van der Waals surface area contributed by atoms with Crippen LogP contribution < -0.4 is 14.8 Å². The maximum Gasteiger partial charge on any atom is 0.240 e. The topological polar surface area (TPSA) is 104 Å². The Labute approximate surface area is 138 Å². The summed E-state index contributed by atoms with van der Waals surface area (Å²) in [4.78, 5) is 0.158. The highest BCUT2D eigenvalue weighted by atomic mass is 32.2. The van der Waals surface area contributed by atoms with Crippen LogP contribution in [0, 0.1) is 12.8 Å². The lowest BCUT2D eigenvalue weighted by Gasteiger charge is -2.12. The van der Waals surface area contributed by atoms with E-state index < -0.39 is 20.0 Å². The van der Waals surface area contributed by atoms with E-state index in [1.54, 1.807) is 6.92 Å². The van der Waals surface area contributed by atoms with Crippen molar-refractivity contribution in [2.45, 2.75) is 29.6 Å². The van der Waals surface area contributed by atoms with Gasteiger partial charge in [-0.05, 0) is 69.6 Å². The van der Waals surface area contributed by atoms with E-state index in [9.17, 15) is 16.8 Å². The second-order valence-electron chi connectivity index (χ2n) is 5.68. The fourth-order valence-electron chi connectivity index (χ4n) is 2.64. The number of benzene rings is 1. The number of rotatable bonds is 7. The van der Waals surface area contributed by atoms with Gasteiger partial charge in [0.05, 0.1) is 9.79 Å². The van der Waals surface area contributed by atoms with Crippen molar-refractivity contribution in [1.29, 1.82) is 0 Å². The molecule has 1 heterocycles. The molecule has 7 nitrogen and oxygen atoms in total. The Morgan fingerprint density at radius 2 is 1.96 bits per heavy atom. The summed E-state index contributed by atoms with van der Waals surface area (Å²) in [6.45, 7) is 3.87. The predicted molar refractivity (Wildman–Crippen MR) is 88.2 cm³/mol. The number of aryl methyl sites for hydroxylation is 1. The fraction of sp³-hybridized carbons (Fsp3) is 0.571. The van der Waals surface area contributed by atoms with Crippen molar-refractivity contribution in [3.63, 3.8) is 0 Å². The Morgan fingerprint density at radius 1 is 1.22 bits per heavy atom. The zero-order valence-corrected chi connectivity index (χ0v) is 14.9. The van der Waals surface area contributed by atoms with Crippen molar-refractivity contribution in [2.75, 3.05) is 26.7 Å². The van der Waals surface area contributed by atoms with Gasteiger partial charge in [0.1, 0.15) is 0 Å². The van der Waals surface area contributed by atoms with Gasteiger partial charge in [-0.2, -0.15) is 0 Å². The van der Waals surface area contributed by atoms with Crippen molar-refractivity contribution in [3.05, 3.63) is 23.8 Å². The summed E-state index contributed by atoms with van der Waals surface area (Å²) in [5.74, 6) is 0.502. The summed E-state index contributed by atoms with van der Waals surface area (Å²) in [6.07, 6.45) is 1.86. The van der Waals surface area contributed by atoms with Crippen molar-refractivity contribution >= 4 is 20.0 Å². The summed E-state index contributed by atoms with van der Waals surface area (Å²) in [6, 6.07) is 4.01. The molecule has 130 valence electrons. The van der Waals surface area contributed by atoms with Crippen LogP contribution in [0.4, 0.5) is 0 Å². The van der Waals surface area contributed by atoms with Crippen molar-refractivity contribution in [3.8, 4) is 0 Å². The average molecular weight is 361 g/mol. The SMILES string of the molecule is CNS(=O)(=O)c1ccc(S(=O)(=O)NCCC2CCNC2)cc1C. The Hall–Kier alpha value is -1.00. The standard InChI is InChI=1S/C14H23N3O4S2/c1-11-9-13(3-4-14(11)23(20,21)15-2)22(18,19)17-8-6-12-5-7-16-10-12/h3-4,9,12,15-17H,5-8,10H2,1-2H3. The Bertz CT molecular complexity index is 754. The van der Waals surface area contributed by atoms with E-state index in [0.29, 0.717) is 18.0 Å². The normalized spacial score (nSPS) is 19.1. The molecule has 1 aromatic carbocycles. The van der Waals surface area contributed by atoms with Crippen molar-refractivity contribution in [1.82, 2.24) is 14.8 Å². The van der Waals surface area contributed by atoms with Gasteiger partial charge in [0.15, 0.2) is 0 Å². The maximum atomic E-state index is 12.3. The van der Waals surface area contributed by atoms with Crippen LogP contribution >= 0.6 is 0 Å². The van der Waals surface area contributed by atoms with Gasteiger partial charge in [-0.25, -0.2) is 26.3 Å². The highest BCUT2D eigenvalue weighted by Gasteiger charge is 2.20. The zero-order chi connectivity index (χ0) is 17.1. The lowest BCUT2D eigenvalue weighted by molar-refractivity contribution is 0.519. The molecule has 1 saturated heterocycles. The van der Waals surface area contributed by atoms with E-state index in [2.05, 4.69) is 14.8 Å². The predicted octanol–water partition coefficient (Wildman–Crippen LogP) is 0.181. The summed E-state index contributed by atoms with van der Waals surface area (Å²) in [5, 5.41) is 3.24. The molecule has 2 rings (SSSR count). The van der Waals surface area contributed by atoms with E-state index in [0.717, 1.165) is 25.9 Å². The van der Waals surface area contributed by atoms with E-state index in [1.807, 2.05) is 0 Å². The van der Waals surface area contributed by atoms with E-state index in [1.165, 1.54) is 25.2 Å². The van der Waals surface area contributed by atoms with Gasteiger partial charge in [-0.1, -0.05) is 0 Å². The second kappa shape index (κ2) is 7.27. The van der Waals surface area contributed by atoms with Crippen LogP contribution in [0.1, 0.15) is 18.4 Å². The molecule has 1 aromatic rings. The summed E-state index contributed by atoms with van der Waals surface area (Å²) < 4.78 is 53.0. The highest BCUT2D eigenvalue weighted by molar-refractivity contribution is 7.90.